The van der Waals surface area contributed by atoms with Gasteiger partial charge in [0.15, 0.2) is 7.14 Å². The second-order valence-corrected chi connectivity index (χ2v) is 15.4. The molecule has 3 heterocycles. The van der Waals surface area contributed by atoms with Crippen molar-refractivity contribution in [2.45, 2.75) is 0 Å². The first-order chi connectivity index (χ1) is 24.1. The Morgan fingerprint density at radius 1 is 0.429 bits per heavy atom. The first-order valence-corrected chi connectivity index (χ1v) is 18.1. The van der Waals surface area contributed by atoms with Gasteiger partial charge in [-0.1, -0.05) is 127 Å². The summed E-state index contributed by atoms with van der Waals surface area (Å²) in [6.45, 7) is 0. The molecule has 0 aliphatic carbocycles. The highest BCUT2D eigenvalue weighted by Gasteiger charge is 2.29. The first kappa shape index (κ1) is 28.0. The van der Waals surface area contributed by atoms with Crippen LogP contribution in [-0.2, 0) is 4.57 Å². The molecule has 0 fully saturated rings. The molecule has 0 N–H and O–H groups in total. The van der Waals surface area contributed by atoms with E-state index < -0.39 is 7.14 Å². The van der Waals surface area contributed by atoms with Gasteiger partial charge >= 0.3 is 0 Å². The maximum absolute atomic E-state index is 15.0. The molecule has 0 bridgehead atoms. The van der Waals surface area contributed by atoms with E-state index in [-0.39, 0.29) is 0 Å². The SMILES string of the molecule is O=P(c1ccccc1)(c1ccccc1)c1ccc2cc(-c3ccc4c5nc6ccccc6cc5c5nc6ccccc6n5c4c3)ccc2c1. The van der Waals surface area contributed by atoms with Crippen molar-refractivity contribution in [1.29, 1.82) is 0 Å². The zero-order chi connectivity index (χ0) is 32.5. The molecule has 0 radical (unpaired) electrons. The number of hydrogen-bond donors (Lipinski definition) is 0. The van der Waals surface area contributed by atoms with E-state index in [1.165, 1.54) is 0 Å². The molecule has 10 aromatic rings. The number of nitrogens with zero attached hydrogens (tertiary/aromatic N) is 3. The second kappa shape index (κ2) is 10.7. The van der Waals surface area contributed by atoms with Crippen LogP contribution in [0.2, 0.25) is 0 Å². The molecule has 0 aliphatic rings. The highest BCUT2D eigenvalue weighted by Crippen LogP contribution is 2.43. The second-order valence-electron chi connectivity index (χ2n) is 12.6. The number of aromatic nitrogens is 3. The van der Waals surface area contributed by atoms with E-state index in [9.17, 15) is 0 Å². The number of pyridine rings is 2. The average Bonchev–Trinajstić information content (AvgIpc) is 3.57. The van der Waals surface area contributed by atoms with Gasteiger partial charge in [0.2, 0.25) is 0 Å². The summed E-state index contributed by atoms with van der Waals surface area (Å²) in [6, 6.07) is 57.9. The Labute approximate surface area is 282 Å². The van der Waals surface area contributed by atoms with Gasteiger partial charge in [0.1, 0.15) is 5.65 Å². The molecule has 4 nitrogen and oxygen atoms in total. The van der Waals surface area contributed by atoms with E-state index in [0.29, 0.717) is 0 Å². The lowest BCUT2D eigenvalue weighted by Crippen LogP contribution is -2.24. The van der Waals surface area contributed by atoms with Crippen molar-refractivity contribution in [3.8, 4) is 11.1 Å². The van der Waals surface area contributed by atoms with Gasteiger partial charge in [-0.3, -0.25) is 4.40 Å². The standard InChI is InChI=1S/C44H28N3OP/c48-49(34-12-3-1-4-13-34,35-14-5-2-6-15-35)36-23-21-30-25-29(19-20-31(30)26-36)32-22-24-37-42(28-32)47-41-18-10-9-17-40(41)46-44(47)38-27-33-11-7-8-16-39(33)45-43(37)38/h1-28H. The minimum Gasteiger partial charge on any atom is -0.309 e. The van der Waals surface area contributed by atoms with Crippen LogP contribution in [0.25, 0.3) is 71.3 Å². The third-order valence-electron chi connectivity index (χ3n) is 9.78. The summed E-state index contributed by atoms with van der Waals surface area (Å²) in [5.74, 6) is 0. The van der Waals surface area contributed by atoms with Gasteiger partial charge in [0, 0.05) is 32.1 Å². The Morgan fingerprint density at radius 3 is 1.86 bits per heavy atom. The normalized spacial score (nSPS) is 12.2. The summed E-state index contributed by atoms with van der Waals surface area (Å²) in [4.78, 5) is 10.3. The Morgan fingerprint density at radius 2 is 1.06 bits per heavy atom. The summed E-state index contributed by atoms with van der Waals surface area (Å²) in [6.07, 6.45) is 0. The molecule has 0 atom stereocenters. The lowest BCUT2D eigenvalue weighted by Gasteiger charge is -2.20. The van der Waals surface area contributed by atoms with Gasteiger partial charge in [-0.2, -0.15) is 0 Å². The third kappa shape index (κ3) is 4.28. The number of fused-ring (bicyclic) bond motifs is 10. The predicted octanol–water partition coefficient (Wildman–Crippen LogP) is 9.80. The highest BCUT2D eigenvalue weighted by atomic mass is 31.2. The number of benzene rings is 7. The fourth-order valence-corrected chi connectivity index (χ4v) is 10.1. The van der Waals surface area contributed by atoms with Crippen molar-refractivity contribution >= 4 is 83.2 Å². The van der Waals surface area contributed by atoms with Gasteiger partial charge in [-0.25, -0.2) is 9.97 Å². The predicted molar refractivity (Wildman–Crippen MR) is 205 cm³/mol. The molecule has 0 aliphatic heterocycles. The zero-order valence-corrected chi connectivity index (χ0v) is 27.3. The molecular weight excluding hydrogens is 617 g/mol. The lowest BCUT2D eigenvalue weighted by molar-refractivity contribution is 0.592. The average molecular weight is 646 g/mol. The molecule has 5 heteroatoms. The largest absolute Gasteiger partial charge is 0.309 e. The Kier molecular flexibility index (Phi) is 6.12. The summed E-state index contributed by atoms with van der Waals surface area (Å²) < 4.78 is 17.3. The summed E-state index contributed by atoms with van der Waals surface area (Å²) >= 11 is 0. The van der Waals surface area contributed by atoms with Gasteiger partial charge < -0.3 is 4.57 Å². The van der Waals surface area contributed by atoms with Crippen LogP contribution >= 0.6 is 7.14 Å². The minimum absolute atomic E-state index is 0.831. The molecule has 10 rings (SSSR count). The smallest absolute Gasteiger partial charge is 0.171 e. The van der Waals surface area contributed by atoms with Gasteiger partial charge in [-0.15, -0.1) is 0 Å². The quantitative estimate of drug-likeness (QED) is 0.109. The van der Waals surface area contributed by atoms with Crippen LogP contribution in [0.4, 0.5) is 0 Å². The van der Waals surface area contributed by atoms with E-state index in [1.807, 2.05) is 78.9 Å². The first-order valence-electron chi connectivity index (χ1n) is 16.4. The van der Waals surface area contributed by atoms with E-state index in [0.717, 1.165) is 87.2 Å². The van der Waals surface area contributed by atoms with Crippen LogP contribution in [0.1, 0.15) is 0 Å². The van der Waals surface area contributed by atoms with Crippen molar-refractivity contribution in [3.63, 3.8) is 0 Å². The highest BCUT2D eigenvalue weighted by molar-refractivity contribution is 7.85. The van der Waals surface area contributed by atoms with Crippen molar-refractivity contribution in [1.82, 2.24) is 14.4 Å². The van der Waals surface area contributed by atoms with Crippen molar-refractivity contribution in [2.75, 3.05) is 0 Å². The van der Waals surface area contributed by atoms with Crippen molar-refractivity contribution < 1.29 is 4.57 Å². The van der Waals surface area contributed by atoms with E-state index in [4.69, 9.17) is 9.97 Å². The van der Waals surface area contributed by atoms with Crippen LogP contribution in [0.3, 0.4) is 0 Å². The third-order valence-corrected chi connectivity index (χ3v) is 12.8. The zero-order valence-electron chi connectivity index (χ0n) is 26.4. The van der Waals surface area contributed by atoms with Gasteiger partial charge in [0.05, 0.1) is 27.6 Å². The maximum Gasteiger partial charge on any atom is 0.171 e. The van der Waals surface area contributed by atoms with Crippen molar-refractivity contribution in [2.24, 2.45) is 0 Å². The van der Waals surface area contributed by atoms with Crippen molar-refractivity contribution in [3.05, 3.63) is 170 Å². The topological polar surface area (TPSA) is 47.3 Å². The van der Waals surface area contributed by atoms with E-state index >= 15 is 4.57 Å². The molecule has 0 amide bonds. The number of hydrogen-bond acceptors (Lipinski definition) is 3. The fraction of sp³-hybridized carbons (Fsp3) is 0. The maximum atomic E-state index is 15.0. The molecular formula is C44H28N3OP. The van der Waals surface area contributed by atoms with E-state index in [1.54, 1.807) is 0 Å². The molecule has 7 aromatic carbocycles. The Bertz CT molecular complexity index is 2930. The number of rotatable bonds is 4. The summed E-state index contributed by atoms with van der Waals surface area (Å²) in [5, 5.41) is 7.88. The van der Waals surface area contributed by atoms with Gasteiger partial charge in [-0.05, 0) is 64.4 Å². The molecule has 230 valence electrons. The molecule has 0 saturated heterocycles. The van der Waals surface area contributed by atoms with Crippen LogP contribution < -0.4 is 15.9 Å². The Hall–Kier alpha value is -6.09. The van der Waals surface area contributed by atoms with E-state index in [2.05, 4.69) is 95.4 Å². The molecule has 3 aromatic heterocycles. The van der Waals surface area contributed by atoms with Crippen LogP contribution in [-0.4, -0.2) is 14.4 Å². The monoisotopic (exact) mass is 645 g/mol. The molecule has 49 heavy (non-hydrogen) atoms. The lowest BCUT2D eigenvalue weighted by atomic mass is 9.99. The molecule has 0 spiro atoms. The Balaban J connectivity index is 1.16. The molecule has 0 saturated carbocycles. The summed E-state index contributed by atoms with van der Waals surface area (Å²) in [5.41, 5.74) is 8.15. The fourth-order valence-electron chi connectivity index (χ4n) is 7.37. The van der Waals surface area contributed by atoms with Gasteiger partial charge in [0.25, 0.3) is 0 Å². The van der Waals surface area contributed by atoms with Crippen LogP contribution in [0.5, 0.6) is 0 Å². The molecule has 0 unspecified atom stereocenters. The number of para-hydroxylation sites is 3. The minimum atomic E-state index is -3.07. The van der Waals surface area contributed by atoms with Crippen LogP contribution in [0.15, 0.2) is 170 Å². The summed E-state index contributed by atoms with van der Waals surface area (Å²) in [7, 11) is -3.07. The number of imidazole rings is 1. The van der Waals surface area contributed by atoms with Crippen LogP contribution in [0, 0.1) is 0 Å².